The minimum absolute atomic E-state index is 0.172. The molecule has 0 N–H and O–H groups in total. The lowest BCUT2D eigenvalue weighted by molar-refractivity contribution is -0.137. The van der Waals surface area contributed by atoms with Crippen molar-refractivity contribution in [3.05, 3.63) is 66.1 Å². The van der Waals surface area contributed by atoms with Gasteiger partial charge in [0, 0.05) is 13.1 Å². The van der Waals surface area contributed by atoms with Crippen LogP contribution >= 0.6 is 11.8 Å². The first-order chi connectivity index (χ1) is 16.9. The Hall–Kier alpha value is -3.58. The first-order valence-corrected chi connectivity index (χ1v) is 11.5. The Labute approximate surface area is 200 Å². The van der Waals surface area contributed by atoms with E-state index in [2.05, 4.69) is 15.2 Å². The zero-order valence-corrected chi connectivity index (χ0v) is 18.9. The van der Waals surface area contributed by atoms with Crippen LogP contribution in [0.5, 0.6) is 0 Å². The number of benzene rings is 1. The molecule has 9 nitrogen and oxygen atoms in total. The summed E-state index contributed by atoms with van der Waals surface area (Å²) in [7, 11) is 0. The van der Waals surface area contributed by atoms with Crippen molar-refractivity contribution in [3.63, 3.8) is 0 Å². The van der Waals surface area contributed by atoms with E-state index in [1.807, 2.05) is 0 Å². The van der Waals surface area contributed by atoms with Crippen molar-refractivity contribution in [2.24, 2.45) is 0 Å². The Bertz CT molecular complexity index is 1310. The van der Waals surface area contributed by atoms with Crippen LogP contribution in [0.3, 0.4) is 0 Å². The van der Waals surface area contributed by atoms with Crippen molar-refractivity contribution in [3.8, 4) is 17.3 Å². The first-order valence-electron chi connectivity index (χ1n) is 10.5. The number of amides is 1. The van der Waals surface area contributed by atoms with Crippen molar-refractivity contribution in [1.82, 2.24) is 24.6 Å². The van der Waals surface area contributed by atoms with E-state index in [4.69, 9.17) is 13.6 Å². The SMILES string of the molecule is O=C(c1coc(CSc2nnc(-c3ccco3)n2-c2cccc(C(F)(F)F)c2)n1)N1CCOCC1. The first kappa shape index (κ1) is 23.2. The van der Waals surface area contributed by atoms with Crippen LogP contribution in [0, 0.1) is 0 Å². The summed E-state index contributed by atoms with van der Waals surface area (Å²) in [6, 6.07) is 8.14. The molecule has 0 spiro atoms. The predicted octanol–water partition coefficient (Wildman–Crippen LogP) is 4.30. The second-order valence-electron chi connectivity index (χ2n) is 7.49. The standard InChI is InChI=1S/C22H18F3N5O4S/c23-22(24,25)14-3-1-4-15(11-14)30-19(17-5-2-8-33-17)27-28-21(30)35-13-18-26-16(12-34-18)20(31)29-6-9-32-10-7-29/h1-5,8,11-12H,6-7,9-10,13H2. The van der Waals surface area contributed by atoms with Crippen LogP contribution < -0.4 is 0 Å². The van der Waals surface area contributed by atoms with Crippen LogP contribution in [-0.4, -0.2) is 56.9 Å². The van der Waals surface area contributed by atoms with Gasteiger partial charge in [-0.25, -0.2) is 4.98 Å². The number of carbonyl (C=O) groups is 1. The molecular formula is C22H18F3N5O4S. The summed E-state index contributed by atoms with van der Waals surface area (Å²) < 4.78 is 57.6. The molecule has 0 radical (unpaired) electrons. The third-order valence-corrected chi connectivity index (χ3v) is 6.11. The fourth-order valence-electron chi connectivity index (χ4n) is 3.51. The molecule has 1 fully saturated rings. The number of oxazole rings is 1. The molecule has 0 unspecified atom stereocenters. The van der Waals surface area contributed by atoms with Crippen LogP contribution in [-0.2, 0) is 16.7 Å². The van der Waals surface area contributed by atoms with E-state index in [0.717, 1.165) is 23.9 Å². The van der Waals surface area contributed by atoms with E-state index in [1.54, 1.807) is 17.0 Å². The third kappa shape index (κ3) is 4.95. The summed E-state index contributed by atoms with van der Waals surface area (Å²) in [6.45, 7) is 1.89. The smallest absolute Gasteiger partial charge is 0.416 e. The van der Waals surface area contributed by atoms with Crippen LogP contribution in [0.4, 0.5) is 13.2 Å². The lowest BCUT2D eigenvalue weighted by Gasteiger charge is -2.25. The van der Waals surface area contributed by atoms with Gasteiger partial charge in [0.2, 0.25) is 11.7 Å². The molecule has 1 aliphatic heterocycles. The predicted molar refractivity (Wildman–Crippen MR) is 117 cm³/mol. The molecule has 0 atom stereocenters. The van der Waals surface area contributed by atoms with E-state index in [0.29, 0.717) is 37.2 Å². The molecule has 4 aromatic rings. The summed E-state index contributed by atoms with van der Waals surface area (Å²) in [5, 5.41) is 8.58. The number of hydrogen-bond donors (Lipinski definition) is 0. The lowest BCUT2D eigenvalue weighted by Crippen LogP contribution is -2.40. The Morgan fingerprint density at radius 2 is 1.91 bits per heavy atom. The quantitative estimate of drug-likeness (QED) is 0.358. The monoisotopic (exact) mass is 505 g/mol. The minimum atomic E-state index is -4.51. The summed E-state index contributed by atoms with van der Waals surface area (Å²) in [5.41, 5.74) is -0.406. The van der Waals surface area contributed by atoms with Crippen LogP contribution in [0.1, 0.15) is 21.9 Å². The maximum atomic E-state index is 13.3. The van der Waals surface area contributed by atoms with Gasteiger partial charge in [-0.1, -0.05) is 17.8 Å². The number of morpholine rings is 1. The van der Waals surface area contributed by atoms with Gasteiger partial charge in [-0.15, -0.1) is 10.2 Å². The lowest BCUT2D eigenvalue weighted by atomic mass is 10.2. The second-order valence-corrected chi connectivity index (χ2v) is 8.43. The van der Waals surface area contributed by atoms with Crippen LogP contribution in [0.2, 0.25) is 0 Å². The highest BCUT2D eigenvalue weighted by Gasteiger charge is 2.31. The molecule has 1 saturated heterocycles. The van der Waals surface area contributed by atoms with E-state index < -0.39 is 11.7 Å². The minimum Gasteiger partial charge on any atom is -0.461 e. The van der Waals surface area contributed by atoms with Crippen molar-refractivity contribution >= 4 is 17.7 Å². The highest BCUT2D eigenvalue weighted by Crippen LogP contribution is 2.34. The maximum absolute atomic E-state index is 13.3. The molecule has 1 aliphatic rings. The molecule has 182 valence electrons. The van der Waals surface area contributed by atoms with E-state index >= 15 is 0 Å². The highest BCUT2D eigenvalue weighted by molar-refractivity contribution is 7.98. The normalized spacial score (nSPS) is 14.4. The molecule has 0 bridgehead atoms. The van der Waals surface area contributed by atoms with Gasteiger partial charge >= 0.3 is 6.18 Å². The Morgan fingerprint density at radius 1 is 1.09 bits per heavy atom. The molecule has 0 aliphatic carbocycles. The fourth-order valence-corrected chi connectivity index (χ4v) is 4.32. The Balaban J connectivity index is 1.40. The zero-order chi connectivity index (χ0) is 24.4. The number of alkyl halides is 3. The average molecular weight is 505 g/mol. The second kappa shape index (κ2) is 9.58. The molecule has 0 saturated carbocycles. The number of hydrogen-bond acceptors (Lipinski definition) is 8. The summed E-state index contributed by atoms with van der Waals surface area (Å²) in [6.07, 6.45) is -1.78. The molecule has 35 heavy (non-hydrogen) atoms. The van der Waals surface area contributed by atoms with E-state index in [-0.39, 0.29) is 34.8 Å². The van der Waals surface area contributed by atoms with Gasteiger partial charge in [0.1, 0.15) is 6.26 Å². The van der Waals surface area contributed by atoms with E-state index in [1.165, 1.54) is 29.2 Å². The number of halogens is 3. The number of thioether (sulfide) groups is 1. The summed E-state index contributed by atoms with van der Waals surface area (Å²) in [5.74, 6) is 0.778. The number of aromatic nitrogens is 4. The molecule has 5 rings (SSSR count). The number of ether oxygens (including phenoxy) is 1. The zero-order valence-electron chi connectivity index (χ0n) is 18.1. The van der Waals surface area contributed by atoms with Gasteiger partial charge in [-0.3, -0.25) is 9.36 Å². The Morgan fingerprint density at radius 3 is 2.66 bits per heavy atom. The fraction of sp³-hybridized carbons (Fsp3) is 0.273. The van der Waals surface area contributed by atoms with Gasteiger partial charge in [0.15, 0.2) is 16.6 Å². The van der Waals surface area contributed by atoms with Gasteiger partial charge in [-0.05, 0) is 30.3 Å². The van der Waals surface area contributed by atoms with Crippen molar-refractivity contribution in [2.45, 2.75) is 17.1 Å². The number of rotatable bonds is 6. The number of nitrogens with zero attached hydrogens (tertiary/aromatic N) is 5. The van der Waals surface area contributed by atoms with Crippen molar-refractivity contribution in [1.29, 1.82) is 0 Å². The maximum Gasteiger partial charge on any atom is 0.416 e. The highest BCUT2D eigenvalue weighted by atomic mass is 32.2. The van der Waals surface area contributed by atoms with Gasteiger partial charge in [0.25, 0.3) is 5.91 Å². The number of furan rings is 1. The average Bonchev–Trinajstić information content (AvgIpc) is 3.63. The van der Waals surface area contributed by atoms with Gasteiger partial charge < -0.3 is 18.5 Å². The van der Waals surface area contributed by atoms with Crippen molar-refractivity contribution in [2.75, 3.05) is 26.3 Å². The van der Waals surface area contributed by atoms with Gasteiger partial charge in [-0.2, -0.15) is 13.2 Å². The number of carbonyl (C=O) groups excluding carboxylic acids is 1. The summed E-state index contributed by atoms with van der Waals surface area (Å²) in [4.78, 5) is 18.5. The molecule has 3 aromatic heterocycles. The van der Waals surface area contributed by atoms with Crippen LogP contribution in [0.15, 0.2) is 62.9 Å². The summed E-state index contributed by atoms with van der Waals surface area (Å²) >= 11 is 1.15. The topological polar surface area (TPSA) is 99.4 Å². The third-order valence-electron chi connectivity index (χ3n) is 5.20. The van der Waals surface area contributed by atoms with Crippen molar-refractivity contribution < 1.29 is 31.5 Å². The molecular weight excluding hydrogens is 487 g/mol. The molecule has 13 heteroatoms. The Kier molecular flexibility index (Phi) is 6.34. The molecule has 4 heterocycles. The van der Waals surface area contributed by atoms with E-state index in [9.17, 15) is 18.0 Å². The molecule has 1 aromatic carbocycles. The van der Waals surface area contributed by atoms with Crippen LogP contribution in [0.25, 0.3) is 17.3 Å². The van der Waals surface area contributed by atoms with Gasteiger partial charge in [0.05, 0.1) is 36.5 Å². The molecule has 1 amide bonds. The largest absolute Gasteiger partial charge is 0.461 e.